The maximum Gasteiger partial charge on any atom is 0.178 e. The molecule has 0 aliphatic heterocycles. The third kappa shape index (κ3) is 1.76. The van der Waals surface area contributed by atoms with E-state index in [-0.39, 0.29) is 0 Å². The van der Waals surface area contributed by atoms with Gasteiger partial charge in [0.05, 0.1) is 5.52 Å². The third-order valence-corrected chi connectivity index (χ3v) is 3.06. The normalized spacial score (nSPS) is 11.0. The van der Waals surface area contributed by atoms with E-state index in [0.29, 0.717) is 6.54 Å². The zero-order valence-electron chi connectivity index (χ0n) is 10.1. The van der Waals surface area contributed by atoms with E-state index in [1.807, 2.05) is 37.3 Å². The number of H-pyrrole nitrogens is 1. The summed E-state index contributed by atoms with van der Waals surface area (Å²) in [5.41, 5.74) is 10.7. The van der Waals surface area contributed by atoms with E-state index in [4.69, 9.17) is 5.73 Å². The van der Waals surface area contributed by atoms with Gasteiger partial charge in [-0.2, -0.15) is 0 Å². The van der Waals surface area contributed by atoms with Gasteiger partial charge >= 0.3 is 0 Å². The molecule has 2 heterocycles. The van der Waals surface area contributed by atoms with E-state index in [1.165, 1.54) is 0 Å². The predicted molar refractivity (Wildman–Crippen MR) is 72.0 cm³/mol. The molecule has 0 saturated carbocycles. The Hall–Kier alpha value is -2.20. The van der Waals surface area contributed by atoms with Gasteiger partial charge in [-0.1, -0.05) is 24.3 Å². The topological polar surface area (TPSA) is 67.6 Å². The Labute approximate surface area is 105 Å². The fourth-order valence-electron chi connectivity index (χ4n) is 1.97. The van der Waals surface area contributed by atoms with E-state index in [0.717, 1.165) is 33.7 Å². The third-order valence-electron chi connectivity index (χ3n) is 3.06. The van der Waals surface area contributed by atoms with Crippen molar-refractivity contribution < 1.29 is 0 Å². The lowest BCUT2D eigenvalue weighted by Gasteiger charge is -1.98. The largest absolute Gasteiger partial charge is 0.336 e. The van der Waals surface area contributed by atoms with Crippen molar-refractivity contribution in [3.63, 3.8) is 0 Å². The second-order valence-corrected chi connectivity index (χ2v) is 4.31. The van der Waals surface area contributed by atoms with Gasteiger partial charge in [0.25, 0.3) is 0 Å². The van der Waals surface area contributed by atoms with Crippen LogP contribution in [0.25, 0.3) is 22.6 Å². The number of benzene rings is 1. The van der Waals surface area contributed by atoms with E-state index in [2.05, 4.69) is 15.0 Å². The molecule has 2 aromatic heterocycles. The van der Waals surface area contributed by atoms with Crippen LogP contribution < -0.4 is 5.73 Å². The molecule has 1 aromatic carbocycles. The number of nitrogens with two attached hydrogens (primary N) is 1. The van der Waals surface area contributed by atoms with Crippen molar-refractivity contribution >= 4 is 11.2 Å². The van der Waals surface area contributed by atoms with Crippen LogP contribution in [0.1, 0.15) is 11.1 Å². The molecule has 0 aliphatic carbocycles. The van der Waals surface area contributed by atoms with Crippen molar-refractivity contribution in [1.82, 2.24) is 15.0 Å². The molecule has 0 bridgehead atoms. The lowest BCUT2D eigenvalue weighted by molar-refractivity contribution is 1.07. The van der Waals surface area contributed by atoms with Gasteiger partial charge in [0.15, 0.2) is 5.65 Å². The number of aromatic amines is 1. The maximum atomic E-state index is 5.59. The average molecular weight is 238 g/mol. The zero-order chi connectivity index (χ0) is 12.5. The maximum absolute atomic E-state index is 5.59. The number of rotatable bonds is 2. The van der Waals surface area contributed by atoms with Gasteiger partial charge in [-0.05, 0) is 24.1 Å². The molecule has 0 unspecified atom stereocenters. The summed E-state index contributed by atoms with van der Waals surface area (Å²) in [7, 11) is 0. The Morgan fingerprint density at radius 2 is 1.94 bits per heavy atom. The first-order valence-corrected chi connectivity index (χ1v) is 5.88. The monoisotopic (exact) mass is 238 g/mol. The molecule has 3 rings (SSSR count). The van der Waals surface area contributed by atoms with Gasteiger partial charge in [-0.3, -0.25) is 0 Å². The minimum Gasteiger partial charge on any atom is -0.336 e. The molecule has 90 valence electrons. The van der Waals surface area contributed by atoms with Crippen LogP contribution in [0.3, 0.4) is 0 Å². The molecule has 0 aliphatic rings. The van der Waals surface area contributed by atoms with E-state index >= 15 is 0 Å². The minimum absolute atomic E-state index is 0.557. The molecule has 0 atom stereocenters. The van der Waals surface area contributed by atoms with Crippen LogP contribution in [-0.4, -0.2) is 15.0 Å². The molecule has 3 aromatic rings. The van der Waals surface area contributed by atoms with Crippen LogP contribution in [0, 0.1) is 6.92 Å². The van der Waals surface area contributed by atoms with E-state index < -0.39 is 0 Å². The highest BCUT2D eigenvalue weighted by Crippen LogP contribution is 2.21. The molecule has 0 spiro atoms. The Morgan fingerprint density at radius 1 is 1.17 bits per heavy atom. The second kappa shape index (κ2) is 4.23. The zero-order valence-corrected chi connectivity index (χ0v) is 10.1. The van der Waals surface area contributed by atoms with Crippen LogP contribution in [0.4, 0.5) is 0 Å². The fraction of sp³-hybridized carbons (Fsp3) is 0.143. The summed E-state index contributed by atoms with van der Waals surface area (Å²) in [4.78, 5) is 12.1. The summed E-state index contributed by atoms with van der Waals surface area (Å²) < 4.78 is 0. The highest BCUT2D eigenvalue weighted by Gasteiger charge is 2.07. The number of hydrogen-bond acceptors (Lipinski definition) is 3. The van der Waals surface area contributed by atoms with Crippen molar-refractivity contribution in [2.24, 2.45) is 5.73 Å². The number of nitrogens with zero attached hydrogens (tertiary/aromatic N) is 2. The number of imidazole rings is 1. The van der Waals surface area contributed by atoms with E-state index in [9.17, 15) is 0 Å². The first-order valence-electron chi connectivity index (χ1n) is 5.88. The second-order valence-electron chi connectivity index (χ2n) is 4.31. The van der Waals surface area contributed by atoms with Gasteiger partial charge in [-0.25, -0.2) is 9.97 Å². The van der Waals surface area contributed by atoms with Crippen molar-refractivity contribution in [1.29, 1.82) is 0 Å². The highest BCUT2D eigenvalue weighted by atomic mass is 15.0. The van der Waals surface area contributed by atoms with Crippen molar-refractivity contribution in [3.05, 3.63) is 47.7 Å². The molecular formula is C14H14N4. The summed E-state index contributed by atoms with van der Waals surface area (Å²) in [6, 6.07) is 10.1. The van der Waals surface area contributed by atoms with Crippen molar-refractivity contribution in [2.75, 3.05) is 0 Å². The van der Waals surface area contributed by atoms with Gasteiger partial charge in [-0.15, -0.1) is 0 Å². The molecule has 4 heteroatoms. The molecular weight excluding hydrogens is 224 g/mol. The Bertz CT molecular complexity index is 683. The van der Waals surface area contributed by atoms with Crippen LogP contribution in [0.15, 0.2) is 36.5 Å². The lowest BCUT2D eigenvalue weighted by atomic mass is 10.1. The van der Waals surface area contributed by atoms with Crippen LogP contribution in [-0.2, 0) is 6.54 Å². The van der Waals surface area contributed by atoms with Crippen LogP contribution >= 0.6 is 0 Å². The number of hydrogen-bond donors (Lipinski definition) is 2. The molecule has 3 N–H and O–H groups in total. The number of pyridine rings is 1. The van der Waals surface area contributed by atoms with Gasteiger partial charge in [0.1, 0.15) is 5.82 Å². The quantitative estimate of drug-likeness (QED) is 0.720. The molecule has 0 fully saturated rings. The van der Waals surface area contributed by atoms with Crippen LogP contribution in [0.2, 0.25) is 0 Å². The molecule has 0 saturated heterocycles. The standard InChI is InChI=1S/C14H14N4/c1-9-6-7-16-14-12(9)17-13(18-14)11-4-2-10(8-15)3-5-11/h2-7H,8,15H2,1H3,(H,16,17,18). The number of fused-ring (bicyclic) bond motifs is 1. The Balaban J connectivity index is 2.10. The predicted octanol–water partition coefficient (Wildman–Crippen LogP) is 2.39. The smallest absolute Gasteiger partial charge is 0.178 e. The summed E-state index contributed by atoms with van der Waals surface area (Å²) in [6.45, 7) is 2.60. The first kappa shape index (κ1) is 10.9. The number of aryl methyl sites for hydroxylation is 1. The van der Waals surface area contributed by atoms with E-state index in [1.54, 1.807) is 6.20 Å². The Kier molecular flexibility index (Phi) is 2.57. The molecule has 0 amide bonds. The summed E-state index contributed by atoms with van der Waals surface area (Å²) in [5.74, 6) is 0.843. The minimum atomic E-state index is 0.557. The number of aromatic nitrogens is 3. The molecule has 18 heavy (non-hydrogen) atoms. The molecule has 4 nitrogen and oxygen atoms in total. The Morgan fingerprint density at radius 3 is 2.61 bits per heavy atom. The molecule has 0 radical (unpaired) electrons. The average Bonchev–Trinajstić information content (AvgIpc) is 2.84. The van der Waals surface area contributed by atoms with Crippen molar-refractivity contribution in [3.8, 4) is 11.4 Å². The summed E-state index contributed by atoms with van der Waals surface area (Å²) in [5, 5.41) is 0. The fourth-order valence-corrected chi connectivity index (χ4v) is 1.97. The number of nitrogens with one attached hydrogen (secondary N) is 1. The van der Waals surface area contributed by atoms with Crippen LogP contribution in [0.5, 0.6) is 0 Å². The van der Waals surface area contributed by atoms with Gasteiger partial charge < -0.3 is 10.7 Å². The van der Waals surface area contributed by atoms with Gasteiger partial charge in [0, 0.05) is 18.3 Å². The van der Waals surface area contributed by atoms with Gasteiger partial charge in [0.2, 0.25) is 0 Å². The lowest BCUT2D eigenvalue weighted by Crippen LogP contribution is -1.95. The first-order chi connectivity index (χ1) is 8.78. The highest BCUT2D eigenvalue weighted by molar-refractivity contribution is 5.78. The van der Waals surface area contributed by atoms with Crippen molar-refractivity contribution in [2.45, 2.75) is 13.5 Å². The SMILES string of the molecule is Cc1ccnc2nc(-c3ccc(CN)cc3)[nH]c12. The summed E-state index contributed by atoms with van der Waals surface area (Å²) in [6.07, 6.45) is 1.78. The summed E-state index contributed by atoms with van der Waals surface area (Å²) >= 11 is 0.